The van der Waals surface area contributed by atoms with Crippen LogP contribution >= 0.6 is 34.4 Å². The first-order chi connectivity index (χ1) is 17.5. The normalized spacial score (nSPS) is 12.4. The monoisotopic (exact) mass is 519 g/mol. The predicted molar refractivity (Wildman–Crippen MR) is 154 cm³/mol. The third-order valence-electron chi connectivity index (χ3n) is 5.68. The zero-order valence-corrected chi connectivity index (χ0v) is 22.2. The van der Waals surface area contributed by atoms with Crippen LogP contribution in [0.2, 0.25) is 0 Å². The van der Waals surface area contributed by atoms with Gasteiger partial charge in [0.15, 0.2) is 5.57 Å². The summed E-state index contributed by atoms with van der Waals surface area (Å²) >= 11 is 5.13. The first kappa shape index (κ1) is 23.9. The average Bonchev–Trinajstić information content (AvgIpc) is 3.66. The molecule has 0 aliphatic carbocycles. The lowest BCUT2D eigenvalue weighted by molar-refractivity contribution is 1.29. The number of hydrogen-bond donors (Lipinski definition) is 0. The SMILES string of the molecule is Cc1ccc(N(c2ccc(C)cc2)c2ccc(-c3ccc(C4=CCC(=C=C(C#N)C#N)S4)s3)s2)cc1. The highest BCUT2D eigenvalue weighted by molar-refractivity contribution is 8.12. The minimum absolute atomic E-state index is 0.0249. The van der Waals surface area contributed by atoms with Gasteiger partial charge in [0, 0.05) is 42.2 Å². The van der Waals surface area contributed by atoms with Gasteiger partial charge in [0.25, 0.3) is 0 Å². The molecule has 0 atom stereocenters. The molecule has 0 bridgehead atoms. The molecule has 0 saturated carbocycles. The van der Waals surface area contributed by atoms with Crippen LogP contribution in [-0.4, -0.2) is 0 Å². The molecule has 0 amide bonds. The minimum Gasteiger partial charge on any atom is -0.302 e. The van der Waals surface area contributed by atoms with E-state index in [0.29, 0.717) is 6.42 Å². The predicted octanol–water partition coefficient (Wildman–Crippen LogP) is 9.50. The van der Waals surface area contributed by atoms with Gasteiger partial charge in [0.05, 0.1) is 0 Å². The van der Waals surface area contributed by atoms with Gasteiger partial charge in [-0.15, -0.1) is 22.7 Å². The lowest BCUT2D eigenvalue weighted by atomic mass is 10.1. The minimum atomic E-state index is 0.0249. The molecule has 1 aliphatic rings. The fourth-order valence-electron chi connectivity index (χ4n) is 3.82. The van der Waals surface area contributed by atoms with Crippen LogP contribution in [0.15, 0.2) is 95.1 Å². The molecule has 6 heteroatoms. The van der Waals surface area contributed by atoms with E-state index >= 15 is 0 Å². The van der Waals surface area contributed by atoms with Crippen LogP contribution in [0.25, 0.3) is 14.7 Å². The molecule has 0 fully saturated rings. The molecule has 0 spiro atoms. The lowest BCUT2D eigenvalue weighted by Crippen LogP contribution is -2.08. The Labute approximate surface area is 223 Å². The van der Waals surface area contributed by atoms with E-state index in [1.807, 2.05) is 12.1 Å². The van der Waals surface area contributed by atoms with Crippen LogP contribution in [0.3, 0.4) is 0 Å². The summed E-state index contributed by atoms with van der Waals surface area (Å²) in [6.45, 7) is 4.22. The van der Waals surface area contributed by atoms with Crippen molar-refractivity contribution in [2.45, 2.75) is 20.3 Å². The van der Waals surface area contributed by atoms with Gasteiger partial charge in [-0.1, -0.05) is 59.0 Å². The Morgan fingerprint density at radius 1 is 0.722 bits per heavy atom. The van der Waals surface area contributed by atoms with Gasteiger partial charge in [-0.25, -0.2) is 0 Å². The van der Waals surface area contributed by atoms with Gasteiger partial charge in [-0.05, 0) is 62.4 Å². The smallest absolute Gasteiger partial charge is 0.172 e. The second-order valence-electron chi connectivity index (χ2n) is 8.33. The highest BCUT2D eigenvalue weighted by atomic mass is 32.2. The quantitative estimate of drug-likeness (QED) is 0.195. The van der Waals surface area contributed by atoms with Crippen LogP contribution in [-0.2, 0) is 0 Å². The van der Waals surface area contributed by atoms with E-state index in [2.05, 4.69) is 103 Å². The Bertz CT molecular complexity index is 1540. The van der Waals surface area contributed by atoms with E-state index in [1.54, 1.807) is 34.4 Å². The topological polar surface area (TPSA) is 50.8 Å². The van der Waals surface area contributed by atoms with Crippen molar-refractivity contribution in [1.29, 1.82) is 10.5 Å². The van der Waals surface area contributed by atoms with Gasteiger partial charge in [0.1, 0.15) is 17.1 Å². The van der Waals surface area contributed by atoms with Crippen LogP contribution in [0, 0.1) is 36.5 Å². The van der Waals surface area contributed by atoms with Crippen molar-refractivity contribution in [1.82, 2.24) is 0 Å². The molecular weight excluding hydrogens is 499 g/mol. The molecule has 4 aromatic rings. The second kappa shape index (κ2) is 10.5. The molecule has 0 unspecified atom stereocenters. The molecule has 1 aliphatic heterocycles. The molecule has 5 rings (SSSR count). The maximum atomic E-state index is 9.00. The number of thioether (sulfide) groups is 1. The molecule has 0 N–H and O–H groups in total. The average molecular weight is 520 g/mol. The number of aryl methyl sites for hydroxylation is 2. The van der Waals surface area contributed by atoms with Crippen LogP contribution < -0.4 is 4.90 Å². The summed E-state index contributed by atoms with van der Waals surface area (Å²) in [6, 6.07) is 29.8. The molecule has 0 saturated heterocycles. The molecule has 36 heavy (non-hydrogen) atoms. The Kier molecular flexibility index (Phi) is 6.96. The first-order valence-electron chi connectivity index (χ1n) is 11.4. The number of nitrogens with zero attached hydrogens (tertiary/aromatic N) is 3. The van der Waals surface area contributed by atoms with Crippen molar-refractivity contribution in [2.75, 3.05) is 4.90 Å². The maximum Gasteiger partial charge on any atom is 0.172 e. The largest absolute Gasteiger partial charge is 0.302 e. The maximum absolute atomic E-state index is 9.00. The van der Waals surface area contributed by atoms with Crippen LogP contribution in [0.1, 0.15) is 22.4 Å². The zero-order chi connectivity index (χ0) is 25.1. The van der Waals surface area contributed by atoms with Crippen molar-refractivity contribution >= 4 is 55.7 Å². The van der Waals surface area contributed by atoms with Gasteiger partial charge in [0.2, 0.25) is 0 Å². The number of hydrogen-bond acceptors (Lipinski definition) is 6. The Hall–Kier alpha value is -3.77. The number of thiophene rings is 2. The van der Waals surface area contributed by atoms with Gasteiger partial charge in [-0.2, -0.15) is 10.5 Å². The molecular formula is C30H21N3S3. The fourth-order valence-corrected chi connectivity index (χ4v) is 7.07. The Morgan fingerprint density at radius 2 is 1.28 bits per heavy atom. The molecule has 174 valence electrons. The summed E-state index contributed by atoms with van der Waals surface area (Å²) in [7, 11) is 0. The number of anilines is 3. The van der Waals surface area contributed by atoms with Crippen LogP contribution in [0.5, 0.6) is 0 Å². The third kappa shape index (κ3) is 5.09. The number of allylic oxidation sites excluding steroid dienone is 2. The third-order valence-corrected chi connectivity index (χ3v) is 9.32. The van der Waals surface area contributed by atoms with E-state index in [4.69, 9.17) is 10.5 Å². The number of nitriles is 2. The standard InChI is InChI=1S/C30H21N3S3/c1-20-3-7-23(8-4-20)33(24-9-5-21(2)6-10-24)30-16-15-29(36-30)28-14-13-27(35-28)26-12-11-25(34-26)17-22(18-31)19-32/h3-10,12-16H,11H2,1-2H3. The van der Waals surface area contributed by atoms with Gasteiger partial charge < -0.3 is 4.90 Å². The summed E-state index contributed by atoms with van der Waals surface area (Å²) in [6.07, 6.45) is 2.84. The number of benzene rings is 2. The van der Waals surface area contributed by atoms with Crippen molar-refractivity contribution < 1.29 is 0 Å². The summed E-state index contributed by atoms with van der Waals surface area (Å²) in [4.78, 5) is 8.00. The fraction of sp³-hybridized carbons (Fsp3) is 0.100. The van der Waals surface area contributed by atoms with E-state index < -0.39 is 0 Å². The number of rotatable bonds is 5. The lowest BCUT2D eigenvalue weighted by Gasteiger charge is -2.24. The van der Waals surface area contributed by atoms with Crippen LogP contribution in [0.4, 0.5) is 16.4 Å². The van der Waals surface area contributed by atoms with Crippen molar-refractivity contribution in [3.8, 4) is 21.9 Å². The zero-order valence-electron chi connectivity index (χ0n) is 19.8. The summed E-state index contributed by atoms with van der Waals surface area (Å²) in [5.74, 6) is 0. The van der Waals surface area contributed by atoms with Crippen molar-refractivity contribution in [2.24, 2.45) is 0 Å². The first-order valence-corrected chi connectivity index (χ1v) is 13.8. The van der Waals surface area contributed by atoms with Crippen molar-refractivity contribution in [3.63, 3.8) is 0 Å². The molecule has 2 aromatic heterocycles. The van der Waals surface area contributed by atoms with E-state index in [1.165, 1.54) is 25.8 Å². The molecule has 3 heterocycles. The highest BCUT2D eigenvalue weighted by Crippen LogP contribution is 2.47. The summed E-state index contributed by atoms with van der Waals surface area (Å²) in [5, 5.41) is 19.2. The van der Waals surface area contributed by atoms with E-state index in [0.717, 1.165) is 26.2 Å². The van der Waals surface area contributed by atoms with Crippen molar-refractivity contribution in [3.05, 3.63) is 111 Å². The van der Waals surface area contributed by atoms with E-state index in [9.17, 15) is 0 Å². The molecule has 2 aromatic carbocycles. The Morgan fingerprint density at radius 3 is 1.89 bits per heavy atom. The highest BCUT2D eigenvalue weighted by Gasteiger charge is 2.18. The second-order valence-corrected chi connectivity index (χ2v) is 11.6. The van der Waals surface area contributed by atoms with Gasteiger partial charge in [-0.3, -0.25) is 0 Å². The summed E-state index contributed by atoms with van der Waals surface area (Å²) in [5.41, 5.74) is 7.71. The molecule has 3 nitrogen and oxygen atoms in total. The summed E-state index contributed by atoms with van der Waals surface area (Å²) < 4.78 is 0. The van der Waals surface area contributed by atoms with E-state index in [-0.39, 0.29) is 5.57 Å². The Balaban J connectivity index is 1.44. The molecule has 0 radical (unpaired) electrons. The van der Waals surface area contributed by atoms with Gasteiger partial charge >= 0.3 is 0 Å².